The smallest absolute Gasteiger partial charge is 0.143 e. The molecule has 6 heteroatoms. The summed E-state index contributed by atoms with van der Waals surface area (Å²) in [5, 5.41) is 4.62. The number of piperazine rings is 1. The van der Waals surface area contributed by atoms with Crippen LogP contribution in [0.5, 0.6) is 5.75 Å². The van der Waals surface area contributed by atoms with Crippen molar-refractivity contribution in [2.75, 3.05) is 51.3 Å². The number of rotatable bonds is 4. The van der Waals surface area contributed by atoms with E-state index in [-0.39, 0.29) is 0 Å². The average Bonchev–Trinajstić information content (AvgIpc) is 3.37. The number of benzene rings is 2. The first-order chi connectivity index (χ1) is 18.2. The largest absolute Gasteiger partial charge is 0.489 e. The fourth-order valence-corrected chi connectivity index (χ4v) is 6.34. The molecule has 0 saturated carbocycles. The third kappa shape index (κ3) is 4.38. The monoisotopic (exact) mass is 493 g/mol. The molecule has 2 aromatic heterocycles. The Morgan fingerprint density at radius 3 is 2.68 bits per heavy atom. The first kappa shape index (κ1) is 22.8. The van der Waals surface area contributed by atoms with Crippen LogP contribution >= 0.6 is 0 Å². The molecule has 0 spiro atoms. The van der Waals surface area contributed by atoms with Crippen LogP contribution in [0.2, 0.25) is 0 Å². The third-order valence-electron chi connectivity index (χ3n) is 8.50. The summed E-state index contributed by atoms with van der Waals surface area (Å²) in [6.07, 6.45) is 7.79. The van der Waals surface area contributed by atoms with E-state index in [4.69, 9.17) is 9.72 Å². The molecular weight excluding hydrogens is 458 g/mol. The Kier molecular flexibility index (Phi) is 5.86. The molecule has 7 rings (SSSR count). The lowest BCUT2D eigenvalue weighted by atomic mass is 9.90. The van der Waals surface area contributed by atoms with Crippen molar-refractivity contribution in [2.24, 2.45) is 5.92 Å². The van der Waals surface area contributed by atoms with Gasteiger partial charge in [0.1, 0.15) is 18.0 Å². The lowest BCUT2D eigenvalue weighted by Gasteiger charge is -2.44. The average molecular weight is 494 g/mol. The van der Waals surface area contributed by atoms with Crippen molar-refractivity contribution < 1.29 is 4.74 Å². The van der Waals surface area contributed by atoms with E-state index in [2.05, 4.69) is 81.9 Å². The van der Waals surface area contributed by atoms with Gasteiger partial charge >= 0.3 is 0 Å². The second kappa shape index (κ2) is 9.51. The van der Waals surface area contributed by atoms with Crippen molar-refractivity contribution >= 4 is 16.7 Å². The number of H-pyrrole nitrogens is 1. The molecule has 3 aliphatic heterocycles. The van der Waals surface area contributed by atoms with Gasteiger partial charge in [0.2, 0.25) is 0 Å². The number of aromatic amines is 1. The summed E-state index contributed by atoms with van der Waals surface area (Å²) in [6.45, 7) is 6.24. The van der Waals surface area contributed by atoms with E-state index in [1.807, 2.05) is 6.20 Å². The third-order valence-corrected chi connectivity index (χ3v) is 8.50. The predicted octanol–water partition coefficient (Wildman–Crippen LogP) is 4.95. The Hall–Kier alpha value is -3.35. The molecular formula is C31H35N5O. The van der Waals surface area contributed by atoms with Gasteiger partial charge in [0.25, 0.3) is 0 Å². The standard InChI is InChI=1S/C31H35N5O/c1-35-12-13-36-26(19-35)20-37-30-16-24(6-7-29(30)36)25-15-27-28(18-34-31(27)33-17-25)23-4-2-21(3-5-23)14-22-8-10-32-11-9-22/h2-7,15-18,22,26,32H,8-14,19-20H2,1H3,(H,33,34). The number of aromatic nitrogens is 2. The molecule has 1 unspecified atom stereocenters. The minimum Gasteiger partial charge on any atom is -0.489 e. The number of fused-ring (bicyclic) bond motifs is 4. The van der Waals surface area contributed by atoms with E-state index >= 15 is 0 Å². The number of nitrogens with zero attached hydrogens (tertiary/aromatic N) is 3. The number of pyridine rings is 1. The molecule has 2 N–H and O–H groups in total. The summed E-state index contributed by atoms with van der Waals surface area (Å²) in [5.74, 6) is 1.78. The molecule has 0 amide bonds. The highest BCUT2D eigenvalue weighted by Crippen LogP contribution is 2.39. The van der Waals surface area contributed by atoms with E-state index in [9.17, 15) is 0 Å². The zero-order valence-electron chi connectivity index (χ0n) is 21.5. The van der Waals surface area contributed by atoms with Crippen molar-refractivity contribution in [1.82, 2.24) is 20.2 Å². The normalized spacial score (nSPS) is 20.5. The van der Waals surface area contributed by atoms with E-state index in [1.54, 1.807) is 0 Å². The van der Waals surface area contributed by atoms with Crippen molar-refractivity contribution in [2.45, 2.75) is 25.3 Å². The van der Waals surface area contributed by atoms with Gasteiger partial charge in [-0.25, -0.2) is 4.98 Å². The molecule has 190 valence electrons. The minimum atomic E-state index is 0.434. The minimum absolute atomic E-state index is 0.434. The van der Waals surface area contributed by atoms with Crippen LogP contribution < -0.4 is 15.0 Å². The maximum absolute atomic E-state index is 6.24. The van der Waals surface area contributed by atoms with Crippen LogP contribution in [0.3, 0.4) is 0 Å². The van der Waals surface area contributed by atoms with E-state index in [0.717, 1.165) is 73.2 Å². The number of nitrogens with one attached hydrogen (secondary N) is 2. The second-order valence-electron chi connectivity index (χ2n) is 11.0. The maximum atomic E-state index is 6.24. The molecule has 6 nitrogen and oxygen atoms in total. The van der Waals surface area contributed by atoms with Crippen molar-refractivity contribution in [3.05, 3.63) is 66.5 Å². The highest BCUT2D eigenvalue weighted by Gasteiger charge is 2.31. The van der Waals surface area contributed by atoms with E-state index in [1.165, 1.54) is 41.6 Å². The van der Waals surface area contributed by atoms with Crippen LogP contribution in [0.25, 0.3) is 33.3 Å². The molecule has 2 saturated heterocycles. The van der Waals surface area contributed by atoms with Crippen molar-refractivity contribution in [1.29, 1.82) is 0 Å². The molecule has 5 heterocycles. The number of likely N-dealkylation sites (N-methyl/N-ethyl adjacent to an activating group) is 1. The van der Waals surface area contributed by atoms with Crippen molar-refractivity contribution in [3.63, 3.8) is 0 Å². The fraction of sp³-hybridized carbons (Fsp3) is 0.387. The van der Waals surface area contributed by atoms with Crippen LogP contribution in [0, 0.1) is 5.92 Å². The van der Waals surface area contributed by atoms with Gasteiger partial charge in [-0.15, -0.1) is 0 Å². The quantitative estimate of drug-likeness (QED) is 0.421. The summed E-state index contributed by atoms with van der Waals surface area (Å²) in [4.78, 5) is 13.1. The Morgan fingerprint density at radius 1 is 0.973 bits per heavy atom. The van der Waals surface area contributed by atoms with Crippen LogP contribution in [-0.2, 0) is 6.42 Å². The number of ether oxygens (including phenoxy) is 1. The lowest BCUT2D eigenvalue weighted by Crippen LogP contribution is -2.56. The first-order valence-electron chi connectivity index (χ1n) is 13.7. The summed E-state index contributed by atoms with van der Waals surface area (Å²) in [5.41, 5.74) is 8.27. The van der Waals surface area contributed by atoms with Gasteiger partial charge in [0.05, 0.1) is 11.7 Å². The van der Waals surface area contributed by atoms with Gasteiger partial charge in [-0.1, -0.05) is 30.3 Å². The Labute approximate surface area is 218 Å². The maximum Gasteiger partial charge on any atom is 0.143 e. The van der Waals surface area contributed by atoms with Crippen molar-refractivity contribution in [3.8, 4) is 28.0 Å². The summed E-state index contributed by atoms with van der Waals surface area (Å²) >= 11 is 0. The predicted molar refractivity (Wildman–Crippen MR) is 150 cm³/mol. The molecule has 2 fully saturated rings. The van der Waals surface area contributed by atoms with Crippen LogP contribution in [0.4, 0.5) is 5.69 Å². The lowest BCUT2D eigenvalue weighted by molar-refractivity contribution is 0.188. The van der Waals surface area contributed by atoms with E-state index in [0.29, 0.717) is 6.04 Å². The summed E-state index contributed by atoms with van der Waals surface area (Å²) < 4.78 is 6.24. The molecule has 0 aliphatic carbocycles. The molecule has 1 atom stereocenters. The van der Waals surface area contributed by atoms with Gasteiger partial charge in [-0.3, -0.25) is 0 Å². The highest BCUT2D eigenvalue weighted by atomic mass is 16.5. The number of hydrogen-bond donors (Lipinski definition) is 2. The fourth-order valence-electron chi connectivity index (χ4n) is 6.34. The molecule has 0 radical (unpaired) electrons. The molecule has 2 aromatic carbocycles. The molecule has 0 bridgehead atoms. The van der Waals surface area contributed by atoms with Gasteiger partial charge in [0, 0.05) is 48.5 Å². The zero-order valence-corrected chi connectivity index (χ0v) is 21.5. The molecule has 4 aromatic rings. The number of piperidine rings is 1. The highest BCUT2D eigenvalue weighted by molar-refractivity contribution is 5.96. The Bertz CT molecular complexity index is 1410. The summed E-state index contributed by atoms with van der Waals surface area (Å²) in [6, 6.07) is 18.5. The molecule has 3 aliphatic rings. The SMILES string of the molecule is CN1CCN2c3ccc(-c4cnc5[nH]cc(-c6ccc(CC7CCNCC7)cc6)c5c4)cc3OCC2C1. The van der Waals surface area contributed by atoms with Gasteiger partial charge in [-0.05, 0) is 80.2 Å². The Balaban J connectivity index is 1.15. The van der Waals surface area contributed by atoms with Gasteiger partial charge < -0.3 is 24.8 Å². The topological polar surface area (TPSA) is 56.4 Å². The van der Waals surface area contributed by atoms with Gasteiger partial charge in [0.15, 0.2) is 0 Å². The Morgan fingerprint density at radius 2 is 1.81 bits per heavy atom. The number of hydrogen-bond acceptors (Lipinski definition) is 5. The second-order valence-corrected chi connectivity index (χ2v) is 11.0. The van der Waals surface area contributed by atoms with E-state index < -0.39 is 0 Å². The first-order valence-corrected chi connectivity index (χ1v) is 13.7. The van der Waals surface area contributed by atoms with Crippen LogP contribution in [0.15, 0.2) is 60.9 Å². The summed E-state index contributed by atoms with van der Waals surface area (Å²) in [7, 11) is 2.19. The van der Waals surface area contributed by atoms with Crippen LogP contribution in [0.1, 0.15) is 18.4 Å². The van der Waals surface area contributed by atoms with Gasteiger partial charge in [-0.2, -0.15) is 0 Å². The number of anilines is 1. The zero-order chi connectivity index (χ0) is 24.8. The van der Waals surface area contributed by atoms with Crippen LogP contribution in [-0.4, -0.2) is 67.3 Å². The molecule has 37 heavy (non-hydrogen) atoms.